The summed E-state index contributed by atoms with van der Waals surface area (Å²) in [5, 5.41) is 41.9. The van der Waals surface area contributed by atoms with Crippen LogP contribution in [0.3, 0.4) is 0 Å². The van der Waals surface area contributed by atoms with E-state index in [-0.39, 0.29) is 19.0 Å². The molecule has 1 aromatic carbocycles. The Labute approximate surface area is 156 Å². The summed E-state index contributed by atoms with van der Waals surface area (Å²) in [5.74, 6) is 0. The zero-order valence-corrected chi connectivity index (χ0v) is 15.7. The molecule has 5 atom stereocenters. The summed E-state index contributed by atoms with van der Waals surface area (Å²) < 4.78 is 0. The molecule has 2 rings (SSSR count). The van der Waals surface area contributed by atoms with Gasteiger partial charge in [0.25, 0.3) is 0 Å². The molecule has 1 aliphatic heterocycles. The first-order valence-electron chi connectivity index (χ1n) is 8.99. The Balaban J connectivity index is 0.00000312. The van der Waals surface area contributed by atoms with Crippen LogP contribution in [0.1, 0.15) is 43.2 Å². The lowest BCUT2D eigenvalue weighted by Crippen LogP contribution is -2.44. The fraction of sp³-hybridized carbons (Fsp3) is 0.684. The summed E-state index contributed by atoms with van der Waals surface area (Å²) in [4.78, 5) is 0. The van der Waals surface area contributed by atoms with Gasteiger partial charge in [0.05, 0.1) is 37.0 Å². The van der Waals surface area contributed by atoms with Crippen LogP contribution in [0.25, 0.3) is 0 Å². The molecule has 1 saturated heterocycles. The Bertz CT molecular complexity index is 485. The van der Waals surface area contributed by atoms with Gasteiger partial charge in [-0.15, -0.1) is 12.4 Å². The molecular weight excluding hydrogens is 342 g/mol. The number of hydrogen-bond acceptors (Lipinski definition) is 5. The number of nitrogens with one attached hydrogen (secondary N) is 1. The van der Waals surface area contributed by atoms with Crippen molar-refractivity contribution in [3.63, 3.8) is 0 Å². The van der Waals surface area contributed by atoms with Crippen molar-refractivity contribution >= 4 is 12.4 Å². The molecule has 0 bridgehead atoms. The minimum atomic E-state index is -1.03. The van der Waals surface area contributed by atoms with E-state index in [0.29, 0.717) is 6.42 Å². The topological polar surface area (TPSA) is 93.0 Å². The van der Waals surface area contributed by atoms with E-state index in [9.17, 15) is 15.3 Å². The predicted molar refractivity (Wildman–Crippen MR) is 101 cm³/mol. The number of aliphatic hydroxyl groups is 4. The molecular formula is C19H32ClNO4. The molecule has 0 amide bonds. The first-order chi connectivity index (χ1) is 11.5. The van der Waals surface area contributed by atoms with E-state index in [2.05, 4.69) is 36.5 Å². The van der Waals surface area contributed by atoms with Crippen LogP contribution in [0.2, 0.25) is 0 Å². The van der Waals surface area contributed by atoms with Crippen LogP contribution in [0.4, 0.5) is 0 Å². The van der Waals surface area contributed by atoms with Crippen molar-refractivity contribution in [3.05, 3.63) is 35.4 Å². The van der Waals surface area contributed by atoms with E-state index in [1.54, 1.807) is 0 Å². The van der Waals surface area contributed by atoms with Gasteiger partial charge in [0.15, 0.2) is 0 Å². The minimum Gasteiger partial charge on any atom is -0.395 e. The zero-order chi connectivity index (χ0) is 17.5. The molecule has 0 spiro atoms. The standard InChI is InChI=1S/C19H31NO4.ClH/c1-13-8-10-14(11-9-13)6-4-2-3-5-7-16(22)17-19(24)18(23)15(12-21)20-17;/h8-11,15-24H,2-7,12H2,1H3;1H/t15-,16-,17-,18-,19-;/m1./s1. The predicted octanol–water partition coefficient (Wildman–Crippen LogP) is 1.33. The highest BCUT2D eigenvalue weighted by molar-refractivity contribution is 5.85. The first kappa shape index (κ1) is 22.4. The van der Waals surface area contributed by atoms with Gasteiger partial charge in [-0.3, -0.25) is 0 Å². The van der Waals surface area contributed by atoms with E-state index in [1.807, 2.05) is 0 Å². The summed E-state index contributed by atoms with van der Waals surface area (Å²) in [6.07, 6.45) is 3.08. The van der Waals surface area contributed by atoms with E-state index >= 15 is 0 Å². The number of hydrogen-bond donors (Lipinski definition) is 5. The van der Waals surface area contributed by atoms with E-state index in [0.717, 1.165) is 32.1 Å². The normalized spacial score (nSPS) is 27.1. The highest BCUT2D eigenvalue weighted by Gasteiger charge is 2.43. The molecule has 1 aromatic rings. The van der Waals surface area contributed by atoms with Gasteiger partial charge in [0.1, 0.15) is 0 Å². The smallest absolute Gasteiger partial charge is 0.0993 e. The third kappa shape index (κ3) is 6.51. The molecule has 5 N–H and O–H groups in total. The molecule has 1 fully saturated rings. The summed E-state index contributed by atoms with van der Waals surface area (Å²) in [7, 11) is 0. The Morgan fingerprint density at radius 1 is 1.00 bits per heavy atom. The fourth-order valence-corrected chi connectivity index (χ4v) is 3.36. The lowest BCUT2D eigenvalue weighted by Gasteiger charge is -2.22. The molecule has 144 valence electrons. The van der Waals surface area contributed by atoms with Gasteiger partial charge in [-0.05, 0) is 31.7 Å². The Morgan fingerprint density at radius 2 is 1.64 bits per heavy atom. The van der Waals surface area contributed by atoms with Gasteiger partial charge in [-0.2, -0.15) is 0 Å². The van der Waals surface area contributed by atoms with Crippen LogP contribution in [-0.2, 0) is 6.42 Å². The molecule has 0 saturated carbocycles. The summed E-state index contributed by atoms with van der Waals surface area (Å²) in [6, 6.07) is 7.50. The molecule has 6 heteroatoms. The highest BCUT2D eigenvalue weighted by Crippen LogP contribution is 2.20. The Morgan fingerprint density at radius 3 is 2.24 bits per heavy atom. The average molecular weight is 374 g/mol. The van der Waals surface area contributed by atoms with Crippen LogP contribution in [0.5, 0.6) is 0 Å². The van der Waals surface area contributed by atoms with E-state index < -0.39 is 30.4 Å². The van der Waals surface area contributed by atoms with Crippen molar-refractivity contribution in [2.75, 3.05) is 6.61 Å². The van der Waals surface area contributed by atoms with Crippen molar-refractivity contribution in [1.82, 2.24) is 5.32 Å². The fourth-order valence-electron chi connectivity index (χ4n) is 3.36. The van der Waals surface area contributed by atoms with Gasteiger partial charge in [-0.1, -0.05) is 49.1 Å². The van der Waals surface area contributed by atoms with E-state index in [1.165, 1.54) is 11.1 Å². The highest BCUT2D eigenvalue weighted by atomic mass is 35.5. The molecule has 0 aromatic heterocycles. The maximum atomic E-state index is 10.2. The van der Waals surface area contributed by atoms with Gasteiger partial charge < -0.3 is 25.7 Å². The van der Waals surface area contributed by atoms with Gasteiger partial charge in [-0.25, -0.2) is 0 Å². The largest absolute Gasteiger partial charge is 0.395 e. The maximum Gasteiger partial charge on any atom is 0.0993 e. The van der Waals surface area contributed by atoms with Gasteiger partial charge in [0.2, 0.25) is 0 Å². The molecule has 1 heterocycles. The van der Waals surface area contributed by atoms with Crippen LogP contribution < -0.4 is 5.32 Å². The zero-order valence-electron chi connectivity index (χ0n) is 14.8. The number of unbranched alkanes of at least 4 members (excludes halogenated alkanes) is 3. The number of rotatable bonds is 9. The number of benzene rings is 1. The first-order valence-corrected chi connectivity index (χ1v) is 8.99. The van der Waals surface area contributed by atoms with Gasteiger partial charge in [0, 0.05) is 0 Å². The summed E-state index contributed by atoms with van der Waals surface area (Å²) in [6.45, 7) is 1.84. The average Bonchev–Trinajstić information content (AvgIpc) is 2.87. The molecule has 0 unspecified atom stereocenters. The maximum absolute atomic E-state index is 10.2. The Kier molecular flexibility index (Phi) is 9.94. The van der Waals surface area contributed by atoms with E-state index in [4.69, 9.17) is 5.11 Å². The Hall–Kier alpha value is -0.690. The SMILES string of the molecule is Cc1ccc(CCCCCC[C@@H](O)[C@H]2N[C@H](CO)[C@@H](O)[C@@H]2O)cc1.Cl. The van der Waals surface area contributed by atoms with Crippen molar-refractivity contribution < 1.29 is 20.4 Å². The second kappa shape index (κ2) is 11.1. The number of aliphatic hydroxyl groups excluding tert-OH is 4. The van der Waals surface area contributed by atoms with Crippen LogP contribution in [-0.4, -0.2) is 57.4 Å². The lowest BCUT2D eigenvalue weighted by molar-refractivity contribution is -0.00443. The molecule has 0 aliphatic carbocycles. The van der Waals surface area contributed by atoms with Crippen molar-refractivity contribution in [2.24, 2.45) is 0 Å². The quantitative estimate of drug-likeness (QED) is 0.421. The van der Waals surface area contributed by atoms with Crippen molar-refractivity contribution in [1.29, 1.82) is 0 Å². The monoisotopic (exact) mass is 373 g/mol. The molecule has 1 aliphatic rings. The van der Waals surface area contributed by atoms with Crippen molar-refractivity contribution in [2.45, 2.75) is 75.8 Å². The number of aryl methyl sites for hydroxylation is 2. The summed E-state index contributed by atoms with van der Waals surface area (Å²) >= 11 is 0. The third-order valence-corrected chi connectivity index (χ3v) is 4.98. The van der Waals surface area contributed by atoms with Gasteiger partial charge >= 0.3 is 0 Å². The number of halogens is 1. The van der Waals surface area contributed by atoms with Crippen LogP contribution >= 0.6 is 12.4 Å². The third-order valence-electron chi connectivity index (χ3n) is 4.98. The molecule has 0 radical (unpaired) electrons. The lowest BCUT2D eigenvalue weighted by atomic mass is 9.98. The molecule has 5 nitrogen and oxygen atoms in total. The van der Waals surface area contributed by atoms with Crippen LogP contribution in [0.15, 0.2) is 24.3 Å². The van der Waals surface area contributed by atoms with Crippen LogP contribution in [0, 0.1) is 6.92 Å². The second-order valence-electron chi connectivity index (χ2n) is 6.97. The minimum absolute atomic E-state index is 0. The molecule has 25 heavy (non-hydrogen) atoms. The summed E-state index contributed by atoms with van der Waals surface area (Å²) in [5.41, 5.74) is 2.65. The van der Waals surface area contributed by atoms with Crippen molar-refractivity contribution in [3.8, 4) is 0 Å². The second-order valence-corrected chi connectivity index (χ2v) is 6.97.